The minimum atomic E-state index is -0.238. The third-order valence-corrected chi connectivity index (χ3v) is 2.75. The van der Waals surface area contributed by atoms with Crippen LogP contribution in [-0.2, 0) is 0 Å². The van der Waals surface area contributed by atoms with Gasteiger partial charge in [-0.05, 0) is 13.1 Å². The fourth-order valence-electron chi connectivity index (χ4n) is 1.68. The summed E-state index contributed by atoms with van der Waals surface area (Å²) in [6.07, 6.45) is 2.73. The molecule has 0 radical (unpaired) electrons. The Labute approximate surface area is 99.8 Å². The van der Waals surface area contributed by atoms with Gasteiger partial charge in [-0.3, -0.25) is 15.2 Å². The summed E-state index contributed by atoms with van der Waals surface area (Å²) in [6, 6.07) is 1.40. The predicted octanol–water partition coefficient (Wildman–Crippen LogP) is -0.321. The Kier molecular flexibility index (Phi) is 3.55. The Morgan fingerprint density at radius 2 is 2.06 bits per heavy atom. The number of aromatic hydroxyl groups is 1. The van der Waals surface area contributed by atoms with Gasteiger partial charge in [0.2, 0.25) is 0 Å². The molecule has 0 atom stereocenters. The van der Waals surface area contributed by atoms with E-state index < -0.39 is 0 Å². The smallest absolute Gasteiger partial charge is 0.267 e. The molecule has 1 saturated heterocycles. The van der Waals surface area contributed by atoms with E-state index >= 15 is 0 Å². The van der Waals surface area contributed by atoms with Crippen LogP contribution in [0.25, 0.3) is 0 Å². The summed E-state index contributed by atoms with van der Waals surface area (Å²) in [5.74, 6) is -0.242. The molecule has 1 aliphatic heterocycles. The molecule has 1 aromatic rings. The topological polar surface area (TPSA) is 68.7 Å². The van der Waals surface area contributed by atoms with Crippen molar-refractivity contribution in [1.82, 2.24) is 20.3 Å². The Hall–Kier alpha value is -1.66. The molecule has 2 rings (SSSR count). The van der Waals surface area contributed by atoms with Crippen LogP contribution in [0.3, 0.4) is 0 Å². The number of amides is 1. The average Bonchev–Trinajstić information content (AvgIpc) is 2.32. The van der Waals surface area contributed by atoms with Crippen LogP contribution >= 0.6 is 0 Å². The maximum absolute atomic E-state index is 11.8. The van der Waals surface area contributed by atoms with Crippen molar-refractivity contribution in [1.29, 1.82) is 0 Å². The molecule has 2 N–H and O–H groups in total. The molecule has 92 valence electrons. The van der Waals surface area contributed by atoms with Crippen molar-refractivity contribution in [3.63, 3.8) is 0 Å². The summed E-state index contributed by atoms with van der Waals surface area (Å²) >= 11 is 0. The van der Waals surface area contributed by atoms with Gasteiger partial charge in [0.05, 0.1) is 11.8 Å². The third-order valence-electron chi connectivity index (χ3n) is 2.75. The molecule has 0 aromatic carbocycles. The van der Waals surface area contributed by atoms with E-state index in [1.807, 2.05) is 5.01 Å². The van der Waals surface area contributed by atoms with Gasteiger partial charge in [-0.2, -0.15) is 0 Å². The molecule has 0 bridgehead atoms. The second kappa shape index (κ2) is 5.11. The van der Waals surface area contributed by atoms with Crippen molar-refractivity contribution in [2.45, 2.75) is 0 Å². The molecular formula is C11H16N4O2. The Bertz CT molecular complexity index is 402. The standard InChI is InChI=1S/C11H16N4O2/c1-14-2-4-15(5-3-14)13-11(17)9-6-10(16)8-12-7-9/h6-8,16H,2-5H2,1H3,(H,13,17). The summed E-state index contributed by atoms with van der Waals surface area (Å²) in [6.45, 7) is 3.46. The number of pyridine rings is 1. The highest BCUT2D eigenvalue weighted by Crippen LogP contribution is 2.08. The van der Waals surface area contributed by atoms with E-state index in [1.54, 1.807) is 0 Å². The molecular weight excluding hydrogens is 220 g/mol. The lowest BCUT2D eigenvalue weighted by molar-refractivity contribution is 0.0662. The summed E-state index contributed by atoms with van der Waals surface area (Å²) in [5.41, 5.74) is 3.16. The zero-order valence-electron chi connectivity index (χ0n) is 9.76. The van der Waals surface area contributed by atoms with Gasteiger partial charge in [0.1, 0.15) is 5.75 Å². The van der Waals surface area contributed by atoms with Gasteiger partial charge in [0, 0.05) is 32.4 Å². The number of aromatic nitrogens is 1. The first-order chi connectivity index (χ1) is 8.15. The zero-order chi connectivity index (χ0) is 12.3. The van der Waals surface area contributed by atoms with Crippen LogP contribution in [0.2, 0.25) is 0 Å². The van der Waals surface area contributed by atoms with Gasteiger partial charge < -0.3 is 10.0 Å². The molecule has 0 unspecified atom stereocenters. The molecule has 0 saturated carbocycles. The van der Waals surface area contributed by atoms with Crippen LogP contribution in [0.5, 0.6) is 5.75 Å². The quantitative estimate of drug-likeness (QED) is 0.736. The van der Waals surface area contributed by atoms with E-state index in [-0.39, 0.29) is 11.7 Å². The zero-order valence-corrected chi connectivity index (χ0v) is 9.76. The van der Waals surface area contributed by atoms with Crippen molar-refractivity contribution in [2.24, 2.45) is 0 Å². The van der Waals surface area contributed by atoms with Crippen LogP contribution in [0, 0.1) is 0 Å². The van der Waals surface area contributed by atoms with Gasteiger partial charge in [-0.25, -0.2) is 5.01 Å². The molecule has 6 nitrogen and oxygen atoms in total. The van der Waals surface area contributed by atoms with Gasteiger partial charge in [-0.15, -0.1) is 0 Å². The highest BCUT2D eigenvalue weighted by Gasteiger charge is 2.16. The lowest BCUT2D eigenvalue weighted by Gasteiger charge is -2.32. The normalized spacial score (nSPS) is 17.9. The van der Waals surface area contributed by atoms with Crippen molar-refractivity contribution >= 4 is 5.91 Å². The van der Waals surface area contributed by atoms with Gasteiger partial charge >= 0.3 is 0 Å². The van der Waals surface area contributed by atoms with Gasteiger partial charge in [-0.1, -0.05) is 0 Å². The van der Waals surface area contributed by atoms with Crippen LogP contribution in [0.1, 0.15) is 10.4 Å². The molecule has 1 aliphatic rings. The maximum atomic E-state index is 11.8. The summed E-state index contributed by atoms with van der Waals surface area (Å²) in [4.78, 5) is 17.8. The number of rotatable bonds is 2. The predicted molar refractivity (Wildman–Crippen MR) is 62.4 cm³/mol. The Balaban J connectivity index is 1.93. The number of nitrogens with one attached hydrogen (secondary N) is 1. The minimum absolute atomic E-state index is 0.00368. The van der Waals surface area contributed by atoms with Crippen LogP contribution in [0.4, 0.5) is 0 Å². The second-order valence-electron chi connectivity index (χ2n) is 4.16. The van der Waals surface area contributed by atoms with E-state index in [1.165, 1.54) is 18.5 Å². The second-order valence-corrected chi connectivity index (χ2v) is 4.16. The number of likely N-dealkylation sites (N-methyl/N-ethyl adjacent to an activating group) is 1. The number of hydrogen-bond donors (Lipinski definition) is 2. The monoisotopic (exact) mass is 236 g/mol. The van der Waals surface area contributed by atoms with Crippen molar-refractivity contribution in [2.75, 3.05) is 33.2 Å². The highest BCUT2D eigenvalue weighted by atomic mass is 16.3. The maximum Gasteiger partial charge on any atom is 0.267 e. The fourth-order valence-corrected chi connectivity index (χ4v) is 1.68. The van der Waals surface area contributed by atoms with E-state index in [0.717, 1.165) is 26.2 Å². The first kappa shape index (κ1) is 11.8. The summed E-state index contributed by atoms with van der Waals surface area (Å²) in [5, 5.41) is 11.1. The Morgan fingerprint density at radius 3 is 2.71 bits per heavy atom. The van der Waals surface area contributed by atoms with E-state index in [9.17, 15) is 9.90 Å². The lowest BCUT2D eigenvalue weighted by atomic mass is 10.2. The van der Waals surface area contributed by atoms with Gasteiger partial charge in [0.25, 0.3) is 5.91 Å². The van der Waals surface area contributed by atoms with E-state index in [2.05, 4.69) is 22.4 Å². The molecule has 17 heavy (non-hydrogen) atoms. The first-order valence-corrected chi connectivity index (χ1v) is 5.53. The largest absolute Gasteiger partial charge is 0.506 e. The number of hydrogen-bond acceptors (Lipinski definition) is 5. The van der Waals surface area contributed by atoms with Crippen molar-refractivity contribution in [3.05, 3.63) is 24.0 Å². The van der Waals surface area contributed by atoms with Crippen LogP contribution in [0.15, 0.2) is 18.5 Å². The van der Waals surface area contributed by atoms with Crippen LogP contribution in [-0.4, -0.2) is 59.1 Å². The summed E-state index contributed by atoms with van der Waals surface area (Å²) < 4.78 is 0. The fraction of sp³-hybridized carbons (Fsp3) is 0.455. The number of carbonyl (C=O) groups excluding carboxylic acids is 1. The molecule has 1 fully saturated rings. The minimum Gasteiger partial charge on any atom is -0.506 e. The third kappa shape index (κ3) is 3.15. The molecule has 2 heterocycles. The molecule has 1 amide bonds. The number of nitrogens with zero attached hydrogens (tertiary/aromatic N) is 3. The summed E-state index contributed by atoms with van der Waals surface area (Å²) in [7, 11) is 2.05. The SMILES string of the molecule is CN1CCN(NC(=O)c2cncc(O)c2)CC1. The molecule has 0 aliphatic carbocycles. The number of carbonyl (C=O) groups is 1. The molecule has 1 aromatic heterocycles. The van der Waals surface area contributed by atoms with Crippen LogP contribution < -0.4 is 5.43 Å². The highest BCUT2D eigenvalue weighted by molar-refractivity contribution is 5.93. The Morgan fingerprint density at radius 1 is 1.35 bits per heavy atom. The number of hydrazine groups is 1. The van der Waals surface area contributed by atoms with Gasteiger partial charge in [0.15, 0.2) is 0 Å². The molecule has 0 spiro atoms. The van der Waals surface area contributed by atoms with E-state index in [4.69, 9.17) is 0 Å². The lowest BCUT2D eigenvalue weighted by Crippen LogP contribution is -2.52. The van der Waals surface area contributed by atoms with Crippen molar-refractivity contribution < 1.29 is 9.90 Å². The first-order valence-electron chi connectivity index (χ1n) is 5.53. The number of piperazine rings is 1. The molecule has 6 heteroatoms. The van der Waals surface area contributed by atoms with Crippen molar-refractivity contribution in [3.8, 4) is 5.75 Å². The average molecular weight is 236 g/mol. The van der Waals surface area contributed by atoms with E-state index in [0.29, 0.717) is 5.56 Å².